The van der Waals surface area contributed by atoms with Crippen LogP contribution in [0.2, 0.25) is 0 Å². The van der Waals surface area contributed by atoms with Crippen molar-refractivity contribution in [3.05, 3.63) is 87.3 Å². The first kappa shape index (κ1) is 38.4. The summed E-state index contributed by atoms with van der Waals surface area (Å²) >= 11 is 2.31. The highest BCUT2D eigenvalue weighted by atomic mass is 32.2. The molecule has 2 amide bonds. The number of anilines is 1. The maximum atomic E-state index is 13.4. The van der Waals surface area contributed by atoms with Crippen LogP contribution >= 0.6 is 23.1 Å². The number of nitrogens with zero attached hydrogens (tertiary/aromatic N) is 4. The molecule has 2 aliphatic heterocycles. The summed E-state index contributed by atoms with van der Waals surface area (Å²) in [7, 11) is 0. The van der Waals surface area contributed by atoms with Crippen molar-refractivity contribution in [1.29, 1.82) is 0 Å². The van der Waals surface area contributed by atoms with Gasteiger partial charge in [0.05, 0.1) is 5.56 Å². The molecule has 0 bridgehead atoms. The molecule has 0 spiro atoms. The number of carboxylic acid groups (broad SMARTS) is 4. The minimum Gasteiger partial charge on any atom is -0.478 e. The lowest BCUT2D eigenvalue weighted by atomic mass is 9.92. The lowest BCUT2D eigenvalue weighted by Gasteiger charge is -2.49. The number of aliphatic carboxylic acids is 2. The van der Waals surface area contributed by atoms with Crippen LogP contribution in [-0.4, -0.2) is 94.5 Å². The molecule has 2 aliphatic rings. The fraction of sp³-hybridized carbons (Fsp3) is 0.324. The van der Waals surface area contributed by atoms with Gasteiger partial charge < -0.3 is 36.3 Å². The van der Waals surface area contributed by atoms with Crippen molar-refractivity contribution in [2.75, 3.05) is 11.5 Å². The molecule has 1 unspecified atom stereocenters. The number of pyridine rings is 1. The number of nitrogen functional groups attached to an aromatic ring is 1. The molecular formula is C34H35N6O11S2+. The molecule has 2 aromatic heterocycles. The first-order valence-electron chi connectivity index (χ1n) is 16.0. The third kappa shape index (κ3) is 8.47. The number of carbonyl (C=O) groups excluding carboxylic acids is 2. The van der Waals surface area contributed by atoms with Gasteiger partial charge in [-0.25, -0.2) is 24.2 Å². The molecule has 0 aliphatic carbocycles. The Morgan fingerprint density at radius 2 is 1.70 bits per heavy atom. The SMILES string of the molecule is CC(CC1=C(C(=O)O)N2C(=O)[C@@H](NC(=O)/C(=N\OC(C)(C)C(=O)O)c3csc(N)n3)[C@H]2SC1)Cc1ccc(C[n+]2ccc(C(=O)O)c(C(=O)O)c2)cc1. The van der Waals surface area contributed by atoms with Crippen LogP contribution in [0.5, 0.6) is 0 Å². The van der Waals surface area contributed by atoms with Crippen molar-refractivity contribution in [1.82, 2.24) is 15.2 Å². The number of hydrogen-bond donors (Lipinski definition) is 6. The van der Waals surface area contributed by atoms with Gasteiger partial charge >= 0.3 is 23.9 Å². The smallest absolute Gasteiger partial charge is 0.352 e. The Morgan fingerprint density at radius 1 is 1.04 bits per heavy atom. The van der Waals surface area contributed by atoms with Crippen molar-refractivity contribution in [3.8, 4) is 0 Å². The number of β-lactam (4-membered cyclic amide) rings is 1. The first-order valence-corrected chi connectivity index (χ1v) is 17.9. The van der Waals surface area contributed by atoms with Crippen LogP contribution in [0.3, 0.4) is 0 Å². The maximum absolute atomic E-state index is 13.4. The molecule has 3 atom stereocenters. The summed E-state index contributed by atoms with van der Waals surface area (Å²) in [6.07, 6.45) is 3.74. The summed E-state index contributed by atoms with van der Waals surface area (Å²) in [5.41, 5.74) is 5.15. The fourth-order valence-corrected chi connectivity index (χ4v) is 7.64. The monoisotopic (exact) mass is 767 g/mol. The van der Waals surface area contributed by atoms with Crippen LogP contribution in [0.4, 0.5) is 5.13 Å². The highest BCUT2D eigenvalue weighted by Crippen LogP contribution is 2.42. The van der Waals surface area contributed by atoms with Crippen LogP contribution in [0, 0.1) is 5.92 Å². The van der Waals surface area contributed by atoms with E-state index in [1.807, 2.05) is 31.2 Å². The molecule has 17 nitrogen and oxygen atoms in total. The molecule has 4 heterocycles. The molecule has 19 heteroatoms. The number of nitrogens with one attached hydrogen (secondary N) is 1. The molecule has 1 aromatic carbocycles. The second kappa shape index (κ2) is 15.4. The molecule has 7 N–H and O–H groups in total. The third-order valence-electron chi connectivity index (χ3n) is 8.44. The normalized spacial score (nSPS) is 17.8. The number of aromatic carboxylic acids is 2. The van der Waals surface area contributed by atoms with Crippen molar-refractivity contribution >= 4 is 69.6 Å². The second-order valence-electron chi connectivity index (χ2n) is 12.9. The molecular weight excluding hydrogens is 733 g/mol. The van der Waals surface area contributed by atoms with Crippen LogP contribution < -0.4 is 15.6 Å². The largest absolute Gasteiger partial charge is 0.478 e. The average Bonchev–Trinajstić information content (AvgIpc) is 3.52. The number of fused-ring (bicyclic) bond motifs is 1. The number of aromatic nitrogens is 2. The molecule has 0 saturated carbocycles. The van der Waals surface area contributed by atoms with Gasteiger partial charge in [0.2, 0.25) is 5.60 Å². The van der Waals surface area contributed by atoms with Crippen molar-refractivity contribution in [2.45, 2.75) is 57.2 Å². The number of nitrogens with two attached hydrogens (primary N) is 1. The minimum absolute atomic E-state index is 0.00337. The van der Waals surface area contributed by atoms with Gasteiger partial charge in [0, 0.05) is 22.8 Å². The number of thioether (sulfide) groups is 1. The Hall–Kier alpha value is -5.82. The molecule has 278 valence electrons. The summed E-state index contributed by atoms with van der Waals surface area (Å²) in [5, 5.41) is 45.3. The molecule has 53 heavy (non-hydrogen) atoms. The highest BCUT2D eigenvalue weighted by molar-refractivity contribution is 8.00. The molecule has 1 saturated heterocycles. The van der Waals surface area contributed by atoms with Crippen molar-refractivity contribution in [2.24, 2.45) is 11.1 Å². The van der Waals surface area contributed by atoms with Crippen molar-refractivity contribution < 1.29 is 58.6 Å². The van der Waals surface area contributed by atoms with E-state index in [4.69, 9.17) is 10.6 Å². The maximum Gasteiger partial charge on any atom is 0.352 e. The average molecular weight is 768 g/mol. The second-order valence-corrected chi connectivity index (χ2v) is 14.9. The first-order chi connectivity index (χ1) is 25.0. The Bertz CT molecular complexity index is 2060. The van der Waals surface area contributed by atoms with E-state index in [0.29, 0.717) is 30.7 Å². The summed E-state index contributed by atoms with van der Waals surface area (Å²) in [5.74, 6) is -6.54. The minimum atomic E-state index is -1.79. The zero-order valence-corrected chi connectivity index (χ0v) is 30.1. The Morgan fingerprint density at radius 3 is 2.28 bits per heavy atom. The van der Waals surface area contributed by atoms with Gasteiger partial charge in [0.25, 0.3) is 11.8 Å². The Labute approximate surface area is 309 Å². The molecule has 5 rings (SSSR count). The number of amides is 2. The van der Waals surface area contributed by atoms with E-state index in [0.717, 1.165) is 27.4 Å². The number of carboxylic acids is 4. The lowest BCUT2D eigenvalue weighted by Crippen LogP contribution is -2.71. The number of oxime groups is 1. The topological polar surface area (TPSA) is 263 Å². The van der Waals surface area contributed by atoms with Gasteiger partial charge in [-0.3, -0.25) is 14.5 Å². The number of hydrogen-bond acceptors (Lipinski definition) is 12. The lowest BCUT2D eigenvalue weighted by molar-refractivity contribution is -0.688. The molecule has 0 radical (unpaired) electrons. The van der Waals surface area contributed by atoms with E-state index in [1.54, 1.807) is 4.57 Å². The number of rotatable bonds is 15. The van der Waals surface area contributed by atoms with Gasteiger partial charge in [-0.15, -0.1) is 23.1 Å². The van der Waals surface area contributed by atoms with Gasteiger partial charge in [-0.1, -0.05) is 36.3 Å². The summed E-state index contributed by atoms with van der Waals surface area (Å²) < 4.78 is 1.58. The summed E-state index contributed by atoms with van der Waals surface area (Å²) in [6, 6.07) is 7.70. The molecule has 3 aromatic rings. The van der Waals surface area contributed by atoms with Crippen LogP contribution in [-0.2, 0) is 37.0 Å². The van der Waals surface area contributed by atoms with E-state index >= 15 is 0 Å². The quantitative estimate of drug-likeness (QED) is 0.0560. The zero-order valence-electron chi connectivity index (χ0n) is 28.5. The van der Waals surface area contributed by atoms with E-state index in [-0.39, 0.29) is 33.6 Å². The van der Waals surface area contributed by atoms with E-state index in [1.165, 1.54) is 49.4 Å². The summed E-state index contributed by atoms with van der Waals surface area (Å²) in [4.78, 5) is 83.9. The van der Waals surface area contributed by atoms with E-state index < -0.39 is 58.4 Å². The van der Waals surface area contributed by atoms with Crippen molar-refractivity contribution in [3.63, 3.8) is 0 Å². The third-order valence-corrected chi connectivity index (χ3v) is 10.5. The fourth-order valence-electron chi connectivity index (χ4n) is 5.73. The highest BCUT2D eigenvalue weighted by Gasteiger charge is 2.54. The van der Waals surface area contributed by atoms with Gasteiger partial charge in [-0.05, 0) is 43.7 Å². The van der Waals surface area contributed by atoms with Crippen LogP contribution in [0.25, 0.3) is 0 Å². The zero-order chi connectivity index (χ0) is 38.8. The molecule has 1 fully saturated rings. The predicted molar refractivity (Wildman–Crippen MR) is 189 cm³/mol. The van der Waals surface area contributed by atoms with E-state index in [2.05, 4.69) is 15.5 Å². The number of benzene rings is 1. The van der Waals surface area contributed by atoms with Gasteiger partial charge in [0.1, 0.15) is 28.4 Å². The van der Waals surface area contributed by atoms with Gasteiger partial charge in [-0.2, -0.15) is 4.57 Å². The van der Waals surface area contributed by atoms with E-state index in [9.17, 15) is 49.2 Å². The van der Waals surface area contributed by atoms with Crippen LogP contribution in [0.1, 0.15) is 64.7 Å². The predicted octanol–water partition coefficient (Wildman–Crippen LogP) is 2.05. The van der Waals surface area contributed by atoms with Crippen LogP contribution in [0.15, 0.2) is 64.5 Å². The standard InChI is InChI=1S/C34H34N6O11S2/c1-16(10-17-4-6-18(7-5-17)12-39-9-8-20(29(43)44)21(13-39)30(45)46)11-19-14-52-28-24(27(42)40(28)25(19)31(47)48)37-26(41)23(22-15-53-33(35)36-22)38-51-34(2,3)32(49)50/h4-9,13,15-16,24,28H,10-12,14H2,1-3H3,(H6-,35,36,37,41,43,44,45,46,47,48,49,50)/p+1/b38-23-/t16?,24-,28-/m1/s1. The van der Waals surface area contributed by atoms with Gasteiger partial charge in [0.15, 0.2) is 29.8 Å². The number of thiazole rings is 1. The summed E-state index contributed by atoms with van der Waals surface area (Å²) in [6.45, 7) is 4.74. The Balaban J connectivity index is 1.24. The number of carbonyl (C=O) groups is 6. The Kier molecular flexibility index (Phi) is 11.2.